The van der Waals surface area contributed by atoms with Crippen LogP contribution >= 0.6 is 22.9 Å². The van der Waals surface area contributed by atoms with Gasteiger partial charge in [0.2, 0.25) is 5.95 Å². The van der Waals surface area contributed by atoms with Crippen LogP contribution in [-0.2, 0) is 19.9 Å². The van der Waals surface area contributed by atoms with Crippen molar-refractivity contribution in [3.05, 3.63) is 80.2 Å². The lowest BCUT2D eigenvalue weighted by Gasteiger charge is -2.43. The maximum Gasteiger partial charge on any atom is 0.335 e. The number of aliphatic imine (C=N–C) groups is 1. The van der Waals surface area contributed by atoms with Gasteiger partial charge >= 0.3 is 11.9 Å². The van der Waals surface area contributed by atoms with Crippen molar-refractivity contribution in [2.24, 2.45) is 16.8 Å². The van der Waals surface area contributed by atoms with Crippen molar-refractivity contribution in [2.75, 3.05) is 18.0 Å². The Hall–Kier alpha value is -4.01. The molecule has 1 saturated heterocycles. The second kappa shape index (κ2) is 12.5. The van der Waals surface area contributed by atoms with Crippen molar-refractivity contribution in [1.82, 2.24) is 20.3 Å². The standard InChI is InChI=1S/C32H33ClF2N6O5S/c1-31(2,3)46-29(44)17-12-32(45,13-17)18-14-37-30(38-15-18)41-9-6-16(7-10-41)24-21(28(42)43)25(19-4-5-20(34)23(35)22(19)33)40-26(39-24)27-36-8-11-47-27/h4-5,8,11,14-17,25,45H,6-7,9-10,12-13H2,1-3H3,(H,39,40)(H,42,43). The number of allylic oxidation sites excluding steroid dienone is 1. The zero-order valence-electron chi connectivity index (χ0n) is 25.8. The van der Waals surface area contributed by atoms with E-state index in [0.717, 1.165) is 6.07 Å². The second-order valence-corrected chi connectivity index (χ2v) is 14.2. The highest BCUT2D eigenvalue weighted by atomic mass is 35.5. The van der Waals surface area contributed by atoms with Crippen molar-refractivity contribution in [3.8, 4) is 0 Å². The number of ether oxygens (including phenoxy) is 1. The quantitative estimate of drug-likeness (QED) is 0.225. The number of aliphatic hydroxyl groups is 1. The summed E-state index contributed by atoms with van der Waals surface area (Å²) in [7, 11) is 0. The van der Waals surface area contributed by atoms with Crippen molar-refractivity contribution >= 4 is 46.7 Å². The monoisotopic (exact) mass is 686 g/mol. The summed E-state index contributed by atoms with van der Waals surface area (Å²) in [5.41, 5.74) is -0.941. The van der Waals surface area contributed by atoms with Crippen molar-refractivity contribution in [2.45, 2.75) is 63.7 Å². The first-order chi connectivity index (χ1) is 22.2. The number of nitrogens with one attached hydrogen (secondary N) is 1. The van der Waals surface area contributed by atoms with Crippen LogP contribution in [0.3, 0.4) is 0 Å². The molecule has 6 rings (SSSR count). The van der Waals surface area contributed by atoms with E-state index in [-0.39, 0.29) is 35.9 Å². The van der Waals surface area contributed by atoms with Gasteiger partial charge in [0.1, 0.15) is 11.6 Å². The lowest BCUT2D eigenvalue weighted by atomic mass is 9.68. The molecule has 0 spiro atoms. The van der Waals surface area contributed by atoms with E-state index in [1.54, 1.807) is 44.7 Å². The summed E-state index contributed by atoms with van der Waals surface area (Å²) >= 11 is 7.50. The lowest BCUT2D eigenvalue weighted by molar-refractivity contribution is -0.176. The van der Waals surface area contributed by atoms with Gasteiger partial charge < -0.3 is 25.2 Å². The molecule has 3 N–H and O–H groups in total. The molecule has 11 nitrogen and oxygen atoms in total. The number of aliphatic carboxylic acids is 1. The summed E-state index contributed by atoms with van der Waals surface area (Å²) in [4.78, 5) is 44.9. The van der Waals surface area contributed by atoms with Crippen LogP contribution in [0, 0.1) is 23.5 Å². The molecule has 1 saturated carbocycles. The van der Waals surface area contributed by atoms with Crippen LogP contribution in [0.5, 0.6) is 0 Å². The van der Waals surface area contributed by atoms with Crippen LogP contribution in [0.25, 0.3) is 0 Å². The number of esters is 1. The number of carbonyl (C=O) groups excluding carboxylic acids is 1. The summed E-state index contributed by atoms with van der Waals surface area (Å²) in [5, 5.41) is 26.4. The Balaban J connectivity index is 1.19. The van der Waals surface area contributed by atoms with Gasteiger partial charge in [0.25, 0.3) is 0 Å². The number of piperidine rings is 1. The number of carboxylic acids is 1. The number of nitrogens with zero attached hydrogens (tertiary/aromatic N) is 5. The number of hydrogen-bond acceptors (Lipinski definition) is 11. The summed E-state index contributed by atoms with van der Waals surface area (Å²) in [6.45, 7) is 6.39. The first-order valence-electron chi connectivity index (χ1n) is 15.1. The Morgan fingerprint density at radius 2 is 1.81 bits per heavy atom. The van der Waals surface area contributed by atoms with Crippen molar-refractivity contribution in [3.63, 3.8) is 0 Å². The molecule has 1 aromatic carbocycles. The molecule has 1 atom stereocenters. The average molecular weight is 687 g/mol. The van der Waals surface area contributed by atoms with E-state index in [2.05, 4.69) is 25.3 Å². The normalized spacial score (nSPS) is 23.6. The highest BCUT2D eigenvalue weighted by molar-refractivity contribution is 7.11. The number of carbonyl (C=O) groups is 2. The molecule has 2 aliphatic heterocycles. The maximum absolute atomic E-state index is 14.5. The van der Waals surface area contributed by atoms with Crippen LogP contribution in [0.4, 0.5) is 14.7 Å². The van der Waals surface area contributed by atoms with Gasteiger partial charge in [-0.25, -0.2) is 28.5 Å². The molecule has 3 aromatic rings. The van der Waals surface area contributed by atoms with Crippen LogP contribution in [0.1, 0.15) is 68.6 Å². The minimum atomic E-state index is -1.27. The summed E-state index contributed by atoms with van der Waals surface area (Å²) in [6, 6.07) is 0.955. The summed E-state index contributed by atoms with van der Waals surface area (Å²) in [5.74, 6) is -3.89. The van der Waals surface area contributed by atoms with E-state index in [4.69, 9.17) is 16.3 Å². The molecule has 47 heavy (non-hydrogen) atoms. The molecule has 0 bridgehead atoms. The molecule has 1 unspecified atom stereocenters. The highest BCUT2D eigenvalue weighted by Gasteiger charge is 2.49. The summed E-state index contributed by atoms with van der Waals surface area (Å²) in [6.07, 6.45) is 6.23. The highest BCUT2D eigenvalue weighted by Crippen LogP contribution is 2.46. The zero-order valence-corrected chi connectivity index (χ0v) is 27.4. The van der Waals surface area contributed by atoms with E-state index in [9.17, 15) is 28.6 Å². The molecule has 15 heteroatoms. The Morgan fingerprint density at radius 1 is 1.13 bits per heavy atom. The maximum atomic E-state index is 14.5. The molecule has 0 amide bonds. The topological polar surface area (TPSA) is 150 Å². The van der Waals surface area contributed by atoms with Gasteiger partial charge in [0, 0.05) is 59.8 Å². The third-order valence-corrected chi connectivity index (χ3v) is 9.73. The number of amidine groups is 1. The van der Waals surface area contributed by atoms with Crippen molar-refractivity contribution < 1.29 is 33.3 Å². The summed E-state index contributed by atoms with van der Waals surface area (Å²) < 4.78 is 33.9. The molecular weight excluding hydrogens is 654 g/mol. The number of aromatic nitrogens is 3. The first kappa shape index (κ1) is 32.9. The van der Waals surface area contributed by atoms with Crippen LogP contribution in [0.15, 0.2) is 52.4 Å². The van der Waals surface area contributed by atoms with Gasteiger partial charge in [-0.05, 0) is 52.5 Å². The molecule has 0 radical (unpaired) electrons. The minimum Gasteiger partial charge on any atom is -0.478 e. The van der Waals surface area contributed by atoms with Crippen LogP contribution in [0.2, 0.25) is 5.02 Å². The third-order valence-electron chi connectivity index (χ3n) is 8.57. The van der Waals surface area contributed by atoms with Gasteiger partial charge in [-0.3, -0.25) is 9.79 Å². The van der Waals surface area contributed by atoms with Crippen LogP contribution < -0.4 is 10.2 Å². The zero-order chi connectivity index (χ0) is 33.7. The SMILES string of the molecule is CC(C)(C)OC(=O)C1CC(O)(c2cnc(N3CCC(C4=C(C(=O)O)C(c5ccc(F)c(F)c5Cl)N=C(c5nccs5)N4)CC3)nc2)C1. The Morgan fingerprint density at radius 3 is 2.40 bits per heavy atom. The second-order valence-electron chi connectivity index (χ2n) is 12.9. The number of benzene rings is 1. The number of rotatable bonds is 7. The number of carboxylic acid groups (broad SMARTS) is 1. The molecule has 3 aliphatic rings. The van der Waals surface area contributed by atoms with E-state index in [1.165, 1.54) is 17.4 Å². The first-order valence-corrected chi connectivity index (χ1v) is 16.4. The largest absolute Gasteiger partial charge is 0.478 e. The number of halogens is 3. The van der Waals surface area contributed by atoms with E-state index in [0.29, 0.717) is 54.0 Å². The predicted molar refractivity (Wildman–Crippen MR) is 170 cm³/mol. The molecule has 248 valence electrons. The fourth-order valence-corrected chi connectivity index (χ4v) is 7.03. The molecule has 2 aromatic heterocycles. The molecule has 2 fully saturated rings. The fourth-order valence-electron chi connectivity index (χ4n) is 6.18. The predicted octanol–water partition coefficient (Wildman–Crippen LogP) is 5.15. The fraction of sp³-hybridized carbons (Fsp3) is 0.438. The Kier molecular flexibility index (Phi) is 8.79. The molecule has 4 heterocycles. The molecular formula is C32H33ClF2N6O5S. The molecule has 1 aliphatic carbocycles. The van der Waals surface area contributed by atoms with E-state index in [1.807, 2.05) is 4.90 Å². The van der Waals surface area contributed by atoms with Gasteiger partial charge in [-0.2, -0.15) is 0 Å². The number of thiazole rings is 1. The van der Waals surface area contributed by atoms with Gasteiger partial charge in [0.05, 0.1) is 22.1 Å². The van der Waals surface area contributed by atoms with Crippen LogP contribution in [-0.4, -0.2) is 61.6 Å². The van der Waals surface area contributed by atoms with Gasteiger partial charge in [-0.1, -0.05) is 17.7 Å². The smallest absolute Gasteiger partial charge is 0.335 e. The Labute approximate surface area is 278 Å². The van der Waals surface area contributed by atoms with Crippen molar-refractivity contribution in [1.29, 1.82) is 0 Å². The lowest BCUT2D eigenvalue weighted by Crippen LogP contribution is -2.46. The van der Waals surface area contributed by atoms with Gasteiger partial charge in [-0.15, -0.1) is 11.3 Å². The van der Waals surface area contributed by atoms with Gasteiger partial charge in [0.15, 0.2) is 22.5 Å². The average Bonchev–Trinajstić information content (AvgIpc) is 3.56. The Bertz CT molecular complexity index is 1750. The number of hydrogen-bond donors (Lipinski definition) is 3. The minimum absolute atomic E-state index is 0.0347. The van der Waals surface area contributed by atoms with E-state index < -0.39 is 45.8 Å². The van der Waals surface area contributed by atoms with E-state index >= 15 is 0 Å². The number of anilines is 1. The third kappa shape index (κ3) is 6.58.